The predicted molar refractivity (Wildman–Crippen MR) is 72.6 cm³/mol. The van der Waals surface area contributed by atoms with E-state index in [4.69, 9.17) is 5.11 Å². The molecule has 6 heteroatoms. The quantitative estimate of drug-likeness (QED) is 0.859. The van der Waals surface area contributed by atoms with Crippen molar-refractivity contribution in [2.75, 3.05) is 11.4 Å². The van der Waals surface area contributed by atoms with Crippen LogP contribution in [0.15, 0.2) is 24.3 Å². The number of carbonyl (C=O) groups excluding carboxylic acids is 2. The van der Waals surface area contributed by atoms with Gasteiger partial charge < -0.3 is 15.3 Å². The van der Waals surface area contributed by atoms with Crippen molar-refractivity contribution >= 4 is 23.5 Å². The van der Waals surface area contributed by atoms with Crippen LogP contribution in [0.2, 0.25) is 0 Å². The zero-order valence-corrected chi connectivity index (χ0v) is 11.1. The van der Waals surface area contributed by atoms with Crippen LogP contribution >= 0.6 is 0 Å². The van der Waals surface area contributed by atoms with Gasteiger partial charge in [-0.3, -0.25) is 14.4 Å². The largest absolute Gasteiger partial charge is 0.480 e. The molecule has 2 amide bonds. The molecule has 1 aliphatic rings. The standard InChI is InChI=1S/C14H16N2O4/c1-9(14(19)20)15-13(18)10-4-2-5-11(8-10)16-7-3-6-12(16)17/h2,4-5,8-9H,3,6-7H2,1H3,(H,15,18)(H,19,20)/t9-/m0/s1. The van der Waals surface area contributed by atoms with Gasteiger partial charge in [0, 0.05) is 24.2 Å². The third-order valence-corrected chi connectivity index (χ3v) is 3.21. The van der Waals surface area contributed by atoms with E-state index in [0.717, 1.165) is 6.42 Å². The molecule has 0 aromatic heterocycles. The van der Waals surface area contributed by atoms with E-state index in [0.29, 0.717) is 24.2 Å². The molecular formula is C14H16N2O4. The lowest BCUT2D eigenvalue weighted by molar-refractivity contribution is -0.138. The highest BCUT2D eigenvalue weighted by molar-refractivity contribution is 6.00. The third kappa shape index (κ3) is 2.96. The SMILES string of the molecule is C[C@H](NC(=O)c1cccc(N2CCCC2=O)c1)C(=O)O. The molecule has 106 valence electrons. The first-order valence-electron chi connectivity index (χ1n) is 6.43. The van der Waals surface area contributed by atoms with Crippen LogP contribution in [0.5, 0.6) is 0 Å². The van der Waals surface area contributed by atoms with Crippen LogP contribution in [0.3, 0.4) is 0 Å². The summed E-state index contributed by atoms with van der Waals surface area (Å²) < 4.78 is 0. The van der Waals surface area contributed by atoms with Gasteiger partial charge >= 0.3 is 5.97 Å². The number of hydrogen-bond donors (Lipinski definition) is 2. The summed E-state index contributed by atoms with van der Waals surface area (Å²) in [5.74, 6) is -1.51. The average molecular weight is 276 g/mol. The second kappa shape index (κ2) is 5.73. The van der Waals surface area contributed by atoms with E-state index < -0.39 is 17.9 Å². The maximum absolute atomic E-state index is 11.9. The van der Waals surface area contributed by atoms with Gasteiger partial charge in [-0.2, -0.15) is 0 Å². The van der Waals surface area contributed by atoms with Gasteiger partial charge in [-0.05, 0) is 31.5 Å². The van der Waals surface area contributed by atoms with Crippen molar-refractivity contribution in [2.45, 2.75) is 25.8 Å². The van der Waals surface area contributed by atoms with Gasteiger partial charge in [0.25, 0.3) is 5.91 Å². The number of aliphatic carboxylic acids is 1. The lowest BCUT2D eigenvalue weighted by Gasteiger charge is -2.17. The summed E-state index contributed by atoms with van der Waals surface area (Å²) >= 11 is 0. The maximum atomic E-state index is 11.9. The van der Waals surface area contributed by atoms with E-state index >= 15 is 0 Å². The molecule has 0 unspecified atom stereocenters. The number of rotatable bonds is 4. The summed E-state index contributed by atoms with van der Waals surface area (Å²) in [6.07, 6.45) is 1.33. The number of hydrogen-bond acceptors (Lipinski definition) is 3. The van der Waals surface area contributed by atoms with Crippen LogP contribution in [0.4, 0.5) is 5.69 Å². The summed E-state index contributed by atoms with van der Waals surface area (Å²) in [7, 11) is 0. The van der Waals surface area contributed by atoms with Crippen LogP contribution < -0.4 is 10.2 Å². The van der Waals surface area contributed by atoms with E-state index in [1.54, 1.807) is 29.2 Å². The minimum absolute atomic E-state index is 0.0430. The van der Waals surface area contributed by atoms with Crippen LogP contribution in [0, 0.1) is 0 Å². The van der Waals surface area contributed by atoms with Crippen molar-refractivity contribution in [2.24, 2.45) is 0 Å². The number of carbonyl (C=O) groups is 3. The van der Waals surface area contributed by atoms with Crippen molar-refractivity contribution in [1.82, 2.24) is 5.32 Å². The van der Waals surface area contributed by atoms with Gasteiger partial charge in [-0.15, -0.1) is 0 Å². The van der Waals surface area contributed by atoms with Crippen molar-refractivity contribution < 1.29 is 19.5 Å². The highest BCUT2D eigenvalue weighted by atomic mass is 16.4. The first-order valence-corrected chi connectivity index (χ1v) is 6.43. The van der Waals surface area contributed by atoms with Crippen molar-refractivity contribution in [3.8, 4) is 0 Å². The summed E-state index contributed by atoms with van der Waals surface area (Å²) in [6.45, 7) is 2.05. The fourth-order valence-corrected chi connectivity index (χ4v) is 2.08. The highest BCUT2D eigenvalue weighted by Gasteiger charge is 2.22. The molecule has 0 aliphatic carbocycles. The molecule has 1 aromatic rings. The smallest absolute Gasteiger partial charge is 0.325 e. The molecule has 6 nitrogen and oxygen atoms in total. The summed E-state index contributed by atoms with van der Waals surface area (Å²) in [5, 5.41) is 11.2. The minimum atomic E-state index is -1.09. The number of anilines is 1. The normalized spacial score (nSPS) is 16.1. The third-order valence-electron chi connectivity index (χ3n) is 3.21. The van der Waals surface area contributed by atoms with Crippen LogP contribution in [-0.2, 0) is 9.59 Å². The molecule has 1 atom stereocenters. The Morgan fingerprint density at radius 1 is 1.40 bits per heavy atom. The second-order valence-corrected chi connectivity index (χ2v) is 4.73. The zero-order valence-electron chi connectivity index (χ0n) is 11.1. The van der Waals surface area contributed by atoms with Gasteiger partial charge in [0.15, 0.2) is 0 Å². The molecule has 0 bridgehead atoms. The topological polar surface area (TPSA) is 86.7 Å². The first-order chi connectivity index (χ1) is 9.49. The molecular weight excluding hydrogens is 260 g/mol. The van der Waals surface area contributed by atoms with Crippen LogP contribution in [-0.4, -0.2) is 35.5 Å². The van der Waals surface area contributed by atoms with Crippen molar-refractivity contribution in [3.63, 3.8) is 0 Å². The molecule has 2 rings (SSSR count). The Balaban J connectivity index is 2.15. The predicted octanol–water partition coefficient (Wildman–Crippen LogP) is 1.02. The molecule has 1 aromatic carbocycles. The van der Waals surface area contributed by atoms with E-state index in [2.05, 4.69) is 5.32 Å². The molecule has 0 radical (unpaired) electrons. The zero-order chi connectivity index (χ0) is 14.7. The lowest BCUT2D eigenvalue weighted by atomic mass is 10.1. The molecule has 0 spiro atoms. The maximum Gasteiger partial charge on any atom is 0.325 e. The Morgan fingerprint density at radius 3 is 2.75 bits per heavy atom. The minimum Gasteiger partial charge on any atom is -0.480 e. The van der Waals surface area contributed by atoms with E-state index in [9.17, 15) is 14.4 Å². The first kappa shape index (κ1) is 14.0. The van der Waals surface area contributed by atoms with Gasteiger partial charge in [0.1, 0.15) is 6.04 Å². The van der Waals surface area contributed by atoms with Crippen LogP contribution in [0.25, 0.3) is 0 Å². The Labute approximate surface area is 116 Å². The fourth-order valence-electron chi connectivity index (χ4n) is 2.08. The molecule has 20 heavy (non-hydrogen) atoms. The molecule has 2 N–H and O–H groups in total. The number of nitrogens with one attached hydrogen (secondary N) is 1. The number of carboxylic acids is 1. The Bertz CT molecular complexity index is 556. The van der Waals surface area contributed by atoms with Gasteiger partial charge in [0.2, 0.25) is 5.91 Å². The Hall–Kier alpha value is -2.37. The molecule has 1 saturated heterocycles. The molecule has 1 heterocycles. The summed E-state index contributed by atoms with van der Waals surface area (Å²) in [6, 6.07) is 5.68. The lowest BCUT2D eigenvalue weighted by Crippen LogP contribution is -2.38. The van der Waals surface area contributed by atoms with E-state index in [1.165, 1.54) is 6.92 Å². The van der Waals surface area contributed by atoms with Crippen molar-refractivity contribution in [3.05, 3.63) is 29.8 Å². The fraction of sp³-hybridized carbons (Fsp3) is 0.357. The molecule has 1 aliphatic heterocycles. The van der Waals surface area contributed by atoms with Gasteiger partial charge in [0.05, 0.1) is 0 Å². The average Bonchev–Trinajstić information content (AvgIpc) is 2.85. The summed E-state index contributed by atoms with van der Waals surface area (Å²) in [5.41, 5.74) is 1.01. The highest BCUT2D eigenvalue weighted by Crippen LogP contribution is 2.22. The molecule has 0 saturated carbocycles. The Morgan fingerprint density at radius 2 is 2.15 bits per heavy atom. The number of benzene rings is 1. The second-order valence-electron chi connectivity index (χ2n) is 4.73. The summed E-state index contributed by atoms with van der Waals surface area (Å²) in [4.78, 5) is 36.0. The number of carboxylic acid groups (broad SMARTS) is 1. The van der Waals surface area contributed by atoms with Crippen LogP contribution in [0.1, 0.15) is 30.1 Å². The van der Waals surface area contributed by atoms with E-state index in [1.807, 2.05) is 0 Å². The monoisotopic (exact) mass is 276 g/mol. The van der Waals surface area contributed by atoms with Gasteiger partial charge in [-0.1, -0.05) is 6.07 Å². The van der Waals surface area contributed by atoms with Gasteiger partial charge in [-0.25, -0.2) is 0 Å². The number of amides is 2. The van der Waals surface area contributed by atoms with E-state index in [-0.39, 0.29) is 5.91 Å². The number of nitrogens with zero attached hydrogens (tertiary/aromatic N) is 1. The Kier molecular flexibility index (Phi) is 4.02. The van der Waals surface area contributed by atoms with Crippen molar-refractivity contribution in [1.29, 1.82) is 0 Å². The molecule has 1 fully saturated rings.